The molecule has 1 aliphatic rings. The summed E-state index contributed by atoms with van der Waals surface area (Å²) >= 11 is 0. The van der Waals surface area contributed by atoms with Gasteiger partial charge in [-0.3, -0.25) is 4.79 Å². The zero-order chi connectivity index (χ0) is 11.0. The van der Waals surface area contributed by atoms with E-state index in [0.717, 1.165) is 0 Å². The molecule has 3 nitrogen and oxygen atoms in total. The molecule has 1 N–H and O–H groups in total. The van der Waals surface area contributed by atoms with Crippen molar-refractivity contribution in [3.63, 3.8) is 0 Å². The number of hydrogen-bond donors (Lipinski definition) is 1. The Bertz CT molecular complexity index is 227. The fraction of sp³-hybridized carbons (Fsp3) is 0.909. The Morgan fingerprint density at radius 1 is 1.50 bits per heavy atom. The fourth-order valence-corrected chi connectivity index (χ4v) is 2.38. The van der Waals surface area contributed by atoms with E-state index >= 15 is 0 Å². The second-order valence-electron chi connectivity index (χ2n) is 5.26. The van der Waals surface area contributed by atoms with Crippen LogP contribution in [-0.2, 0) is 9.53 Å². The quantitative estimate of drug-likeness (QED) is 0.756. The van der Waals surface area contributed by atoms with Crippen LogP contribution in [0.1, 0.15) is 34.1 Å². The van der Waals surface area contributed by atoms with Crippen LogP contribution in [-0.4, -0.2) is 24.3 Å². The summed E-state index contributed by atoms with van der Waals surface area (Å²) in [4.78, 5) is 10.8. The van der Waals surface area contributed by atoms with Crippen molar-refractivity contribution in [1.82, 2.24) is 0 Å². The van der Waals surface area contributed by atoms with Crippen molar-refractivity contribution in [1.29, 1.82) is 0 Å². The van der Waals surface area contributed by atoms with Crippen molar-refractivity contribution in [3.8, 4) is 0 Å². The molecule has 1 rings (SSSR count). The minimum Gasteiger partial charge on any atom is -0.481 e. The Balaban J connectivity index is 2.82. The molecule has 0 aromatic heterocycles. The summed E-state index contributed by atoms with van der Waals surface area (Å²) in [5.41, 5.74) is -0.142. The highest BCUT2D eigenvalue weighted by molar-refractivity contribution is 5.67. The molecular formula is C11H20O3. The zero-order valence-corrected chi connectivity index (χ0v) is 9.46. The molecule has 82 valence electrons. The van der Waals surface area contributed by atoms with E-state index in [2.05, 4.69) is 13.8 Å². The lowest BCUT2D eigenvalue weighted by molar-refractivity contribution is -0.205. The molecule has 0 spiro atoms. The van der Waals surface area contributed by atoms with E-state index in [4.69, 9.17) is 9.84 Å². The zero-order valence-electron chi connectivity index (χ0n) is 9.46. The second-order valence-corrected chi connectivity index (χ2v) is 5.26. The highest BCUT2D eigenvalue weighted by atomic mass is 16.5. The van der Waals surface area contributed by atoms with Gasteiger partial charge in [-0.15, -0.1) is 0 Å². The van der Waals surface area contributed by atoms with E-state index < -0.39 is 5.97 Å². The first-order valence-electron chi connectivity index (χ1n) is 5.11. The largest absolute Gasteiger partial charge is 0.481 e. The van der Waals surface area contributed by atoms with Crippen molar-refractivity contribution in [2.24, 2.45) is 16.7 Å². The lowest BCUT2D eigenvalue weighted by Crippen LogP contribution is -2.56. The maximum absolute atomic E-state index is 10.8. The first-order valence-corrected chi connectivity index (χ1v) is 5.11. The highest BCUT2D eigenvalue weighted by Crippen LogP contribution is 2.52. The van der Waals surface area contributed by atoms with Gasteiger partial charge in [0.15, 0.2) is 0 Å². The van der Waals surface area contributed by atoms with Crippen LogP contribution >= 0.6 is 0 Å². The number of carboxylic acid groups (broad SMARTS) is 1. The number of carboxylic acids is 1. The Labute approximate surface area is 85.5 Å². The van der Waals surface area contributed by atoms with E-state index in [1.54, 1.807) is 0 Å². The van der Waals surface area contributed by atoms with Gasteiger partial charge in [-0.05, 0) is 11.3 Å². The SMILES string of the molecule is CC(C)C1(C(C)(C)CC(=O)O)COC1. The van der Waals surface area contributed by atoms with Gasteiger partial charge >= 0.3 is 5.97 Å². The third kappa shape index (κ3) is 1.65. The molecular weight excluding hydrogens is 180 g/mol. The van der Waals surface area contributed by atoms with Crippen LogP contribution in [0.3, 0.4) is 0 Å². The Kier molecular flexibility index (Phi) is 2.91. The minimum absolute atomic E-state index is 0.0470. The molecule has 14 heavy (non-hydrogen) atoms. The molecule has 0 radical (unpaired) electrons. The number of rotatable bonds is 4. The summed E-state index contributed by atoms with van der Waals surface area (Å²) < 4.78 is 5.27. The van der Waals surface area contributed by atoms with Crippen molar-refractivity contribution >= 4 is 5.97 Å². The number of carbonyl (C=O) groups is 1. The van der Waals surface area contributed by atoms with E-state index in [0.29, 0.717) is 19.1 Å². The summed E-state index contributed by atoms with van der Waals surface area (Å²) in [6, 6.07) is 0. The van der Waals surface area contributed by atoms with Gasteiger partial charge in [-0.2, -0.15) is 0 Å². The van der Waals surface area contributed by atoms with Gasteiger partial charge < -0.3 is 9.84 Å². The summed E-state index contributed by atoms with van der Waals surface area (Å²) in [6.45, 7) is 9.75. The summed E-state index contributed by atoms with van der Waals surface area (Å²) in [7, 11) is 0. The molecule has 1 aliphatic heterocycles. The molecule has 0 unspecified atom stereocenters. The average Bonchev–Trinajstić information content (AvgIpc) is 1.75. The standard InChI is InChI=1S/C11H20O3/c1-8(2)11(6-14-7-11)10(3,4)5-9(12)13/h8H,5-7H2,1-4H3,(H,12,13). The van der Waals surface area contributed by atoms with Gasteiger partial charge in [0.05, 0.1) is 19.6 Å². The summed E-state index contributed by atoms with van der Waals surface area (Å²) in [6.07, 6.45) is 0.217. The van der Waals surface area contributed by atoms with Crippen LogP contribution in [0.15, 0.2) is 0 Å². The summed E-state index contributed by atoms with van der Waals surface area (Å²) in [5.74, 6) is -0.257. The number of ether oxygens (including phenoxy) is 1. The Hall–Kier alpha value is -0.570. The molecule has 1 fully saturated rings. The monoisotopic (exact) mass is 200 g/mol. The van der Waals surface area contributed by atoms with Gasteiger partial charge in [0, 0.05) is 5.41 Å². The van der Waals surface area contributed by atoms with Crippen molar-refractivity contribution in [3.05, 3.63) is 0 Å². The molecule has 0 aliphatic carbocycles. The molecule has 0 aromatic rings. The van der Waals surface area contributed by atoms with Crippen LogP contribution in [0.5, 0.6) is 0 Å². The molecule has 1 heterocycles. The highest BCUT2D eigenvalue weighted by Gasteiger charge is 2.53. The second kappa shape index (κ2) is 3.54. The maximum atomic E-state index is 10.8. The molecule has 0 aromatic carbocycles. The molecule has 0 bridgehead atoms. The van der Waals surface area contributed by atoms with Crippen LogP contribution in [0, 0.1) is 16.7 Å². The Morgan fingerprint density at radius 2 is 2.00 bits per heavy atom. The van der Waals surface area contributed by atoms with Crippen LogP contribution in [0.25, 0.3) is 0 Å². The fourth-order valence-electron chi connectivity index (χ4n) is 2.38. The van der Waals surface area contributed by atoms with Crippen molar-refractivity contribution < 1.29 is 14.6 Å². The minimum atomic E-state index is -0.720. The van der Waals surface area contributed by atoms with Crippen molar-refractivity contribution in [2.75, 3.05) is 13.2 Å². The van der Waals surface area contributed by atoms with E-state index in [1.165, 1.54) is 0 Å². The summed E-state index contributed by atoms with van der Waals surface area (Å²) in [5, 5.41) is 8.87. The van der Waals surface area contributed by atoms with E-state index in [1.807, 2.05) is 13.8 Å². The average molecular weight is 200 g/mol. The number of aliphatic carboxylic acids is 1. The molecule has 0 saturated carbocycles. The van der Waals surface area contributed by atoms with Gasteiger partial charge in [-0.1, -0.05) is 27.7 Å². The van der Waals surface area contributed by atoms with Crippen LogP contribution in [0.4, 0.5) is 0 Å². The van der Waals surface area contributed by atoms with Gasteiger partial charge in [0.25, 0.3) is 0 Å². The molecule has 3 heteroatoms. The topological polar surface area (TPSA) is 46.5 Å². The van der Waals surface area contributed by atoms with E-state index in [9.17, 15) is 4.79 Å². The van der Waals surface area contributed by atoms with Gasteiger partial charge in [0.1, 0.15) is 0 Å². The lowest BCUT2D eigenvalue weighted by atomic mass is 9.57. The van der Waals surface area contributed by atoms with Gasteiger partial charge in [0.2, 0.25) is 0 Å². The molecule has 1 saturated heterocycles. The van der Waals surface area contributed by atoms with Crippen molar-refractivity contribution in [2.45, 2.75) is 34.1 Å². The predicted octanol–water partition coefficient (Wildman–Crippen LogP) is 2.16. The third-order valence-corrected chi connectivity index (χ3v) is 3.77. The predicted molar refractivity (Wildman–Crippen MR) is 54.1 cm³/mol. The number of hydrogen-bond acceptors (Lipinski definition) is 2. The first kappa shape index (κ1) is 11.5. The van der Waals surface area contributed by atoms with Crippen LogP contribution < -0.4 is 0 Å². The first-order chi connectivity index (χ1) is 6.32. The maximum Gasteiger partial charge on any atom is 0.303 e. The van der Waals surface area contributed by atoms with Crippen LogP contribution in [0.2, 0.25) is 0 Å². The lowest BCUT2D eigenvalue weighted by Gasteiger charge is -2.55. The normalized spacial score (nSPS) is 20.6. The third-order valence-electron chi connectivity index (χ3n) is 3.77. The van der Waals surface area contributed by atoms with E-state index in [-0.39, 0.29) is 17.3 Å². The smallest absolute Gasteiger partial charge is 0.303 e. The molecule has 0 atom stereocenters. The Morgan fingerprint density at radius 3 is 2.21 bits per heavy atom. The molecule has 0 amide bonds. The van der Waals surface area contributed by atoms with Gasteiger partial charge in [-0.25, -0.2) is 0 Å².